The van der Waals surface area contributed by atoms with Crippen molar-refractivity contribution in [3.63, 3.8) is 0 Å². The van der Waals surface area contributed by atoms with Crippen LogP contribution in [0.1, 0.15) is 38.8 Å². The van der Waals surface area contributed by atoms with E-state index in [-0.39, 0.29) is 0 Å². The second-order valence-electron chi connectivity index (χ2n) is 6.69. The van der Waals surface area contributed by atoms with Crippen LogP contribution in [0, 0.1) is 0 Å². The Balaban J connectivity index is 2.38. The minimum Gasteiger partial charge on any atom is -0.423 e. The molecule has 0 amide bonds. The van der Waals surface area contributed by atoms with Crippen molar-refractivity contribution in [2.24, 2.45) is 0 Å². The van der Waals surface area contributed by atoms with E-state index in [1.54, 1.807) is 26.0 Å². The van der Waals surface area contributed by atoms with Crippen LogP contribution in [0.5, 0.6) is 11.5 Å². The number of carbonyl (C=O) groups is 2. The largest absolute Gasteiger partial charge is 0.423 e. The van der Waals surface area contributed by atoms with Crippen LogP contribution in [0.2, 0.25) is 0 Å². The van der Waals surface area contributed by atoms with Crippen LogP contribution in [0.15, 0.2) is 60.7 Å². The van der Waals surface area contributed by atoms with Gasteiger partial charge in [0.15, 0.2) is 0 Å². The second kappa shape index (κ2) is 9.18. The van der Waals surface area contributed by atoms with E-state index in [0.29, 0.717) is 22.6 Å². The normalized spacial score (nSPS) is 10.3. The predicted molar refractivity (Wildman–Crippen MR) is 112 cm³/mol. The Kier molecular flexibility index (Phi) is 6.94. The quantitative estimate of drug-likeness (QED) is 0.366. The van der Waals surface area contributed by atoms with Crippen molar-refractivity contribution >= 4 is 11.9 Å². The van der Waals surface area contributed by atoms with Crippen LogP contribution in [0.4, 0.5) is 0 Å². The van der Waals surface area contributed by atoms with Crippen LogP contribution < -0.4 is 9.47 Å². The van der Waals surface area contributed by atoms with Crippen molar-refractivity contribution in [1.82, 2.24) is 0 Å². The van der Waals surface area contributed by atoms with Crippen molar-refractivity contribution < 1.29 is 19.1 Å². The highest BCUT2D eigenvalue weighted by molar-refractivity contribution is 5.89. The lowest BCUT2D eigenvalue weighted by Crippen LogP contribution is -2.11. The molecule has 2 aromatic rings. The van der Waals surface area contributed by atoms with Crippen molar-refractivity contribution in [2.45, 2.75) is 40.5 Å². The molecule has 0 saturated carbocycles. The molecule has 0 N–H and O–H groups in total. The van der Waals surface area contributed by atoms with E-state index in [9.17, 15) is 9.59 Å². The van der Waals surface area contributed by atoms with Crippen molar-refractivity contribution in [3.8, 4) is 22.6 Å². The Labute approximate surface area is 166 Å². The summed E-state index contributed by atoms with van der Waals surface area (Å²) in [7, 11) is 0. The molecule has 0 spiro atoms. The molecule has 0 aliphatic rings. The van der Waals surface area contributed by atoms with Gasteiger partial charge in [0.1, 0.15) is 11.5 Å². The minimum atomic E-state index is -0.446. The number of hydrogen-bond donors (Lipinski definition) is 0. The van der Waals surface area contributed by atoms with E-state index in [4.69, 9.17) is 9.47 Å². The molecule has 0 heterocycles. The van der Waals surface area contributed by atoms with Crippen molar-refractivity contribution in [3.05, 3.63) is 71.8 Å². The maximum absolute atomic E-state index is 12.0. The van der Waals surface area contributed by atoms with Gasteiger partial charge in [0.2, 0.25) is 0 Å². The number of hydrogen-bond acceptors (Lipinski definition) is 4. The molecule has 2 aromatic carbocycles. The highest BCUT2D eigenvalue weighted by atomic mass is 16.5. The van der Waals surface area contributed by atoms with Crippen LogP contribution in [-0.2, 0) is 22.4 Å². The third-order valence-corrected chi connectivity index (χ3v) is 4.29. The van der Waals surface area contributed by atoms with E-state index in [0.717, 1.165) is 35.1 Å². The Morgan fingerprint density at radius 3 is 1.68 bits per heavy atom. The average molecular weight is 378 g/mol. The number of rotatable bonds is 7. The number of esters is 2. The summed E-state index contributed by atoms with van der Waals surface area (Å²) in [5.74, 6) is 0.225. The summed E-state index contributed by atoms with van der Waals surface area (Å²) in [6.07, 6.45) is 1.46. The maximum Gasteiger partial charge on any atom is 0.338 e. The molecule has 0 bridgehead atoms. The fourth-order valence-corrected chi connectivity index (χ4v) is 2.67. The Bertz CT molecular complexity index is 895. The summed E-state index contributed by atoms with van der Waals surface area (Å²) in [6.45, 7) is 14.5. The second-order valence-corrected chi connectivity index (χ2v) is 6.69. The molecular weight excluding hydrogens is 352 g/mol. The molecule has 0 unspecified atom stereocenters. The van der Waals surface area contributed by atoms with Gasteiger partial charge in [-0.15, -0.1) is 0 Å². The first-order chi connectivity index (χ1) is 13.3. The molecule has 0 atom stereocenters. The lowest BCUT2D eigenvalue weighted by atomic mass is 9.96. The summed E-state index contributed by atoms with van der Waals surface area (Å²) >= 11 is 0. The van der Waals surface area contributed by atoms with Gasteiger partial charge in [-0.1, -0.05) is 39.1 Å². The smallest absolute Gasteiger partial charge is 0.338 e. The lowest BCUT2D eigenvalue weighted by Gasteiger charge is -2.16. The van der Waals surface area contributed by atoms with Crippen molar-refractivity contribution in [2.75, 3.05) is 0 Å². The fourth-order valence-electron chi connectivity index (χ4n) is 2.67. The van der Waals surface area contributed by atoms with Gasteiger partial charge in [0.25, 0.3) is 0 Å². The average Bonchev–Trinajstić information content (AvgIpc) is 2.68. The fraction of sp³-hybridized carbons (Fsp3) is 0.250. The predicted octanol–water partition coefficient (Wildman–Crippen LogP) is 5.44. The number of ether oxygens (including phenoxy) is 2. The van der Waals surface area contributed by atoms with E-state index in [1.807, 2.05) is 38.1 Å². The molecule has 0 radical (unpaired) electrons. The number of benzene rings is 2. The zero-order valence-corrected chi connectivity index (χ0v) is 16.9. The molecule has 0 saturated heterocycles. The number of aryl methyl sites for hydroxylation is 2. The molecule has 0 fully saturated rings. The summed E-state index contributed by atoms with van der Waals surface area (Å²) < 4.78 is 10.8. The minimum absolute atomic E-state index is 0.351. The zero-order chi connectivity index (χ0) is 20.8. The summed E-state index contributed by atoms with van der Waals surface area (Å²) in [5, 5.41) is 0. The molecule has 0 aliphatic carbocycles. The molecule has 4 heteroatoms. The number of carbonyl (C=O) groups excluding carboxylic acids is 2. The molecule has 0 aliphatic heterocycles. The monoisotopic (exact) mass is 378 g/mol. The first-order valence-electron chi connectivity index (χ1n) is 9.28. The molecule has 2 rings (SSSR count). The summed E-state index contributed by atoms with van der Waals surface area (Å²) in [6, 6.07) is 11.3. The Morgan fingerprint density at radius 1 is 0.786 bits per heavy atom. The van der Waals surface area contributed by atoms with E-state index in [1.165, 1.54) is 0 Å². The van der Waals surface area contributed by atoms with Gasteiger partial charge in [-0.05, 0) is 73.2 Å². The zero-order valence-electron chi connectivity index (χ0n) is 16.9. The molecular formula is C24H26O4. The van der Waals surface area contributed by atoms with E-state index in [2.05, 4.69) is 13.2 Å². The molecule has 0 aromatic heterocycles. The van der Waals surface area contributed by atoms with Gasteiger partial charge in [-0.2, -0.15) is 0 Å². The van der Waals surface area contributed by atoms with Gasteiger partial charge >= 0.3 is 11.9 Å². The van der Waals surface area contributed by atoms with Crippen LogP contribution >= 0.6 is 0 Å². The van der Waals surface area contributed by atoms with Crippen LogP contribution in [-0.4, -0.2) is 11.9 Å². The molecule has 4 nitrogen and oxygen atoms in total. The first-order valence-corrected chi connectivity index (χ1v) is 9.28. The highest BCUT2D eigenvalue weighted by Gasteiger charge is 2.16. The highest BCUT2D eigenvalue weighted by Crippen LogP contribution is 2.33. The van der Waals surface area contributed by atoms with E-state index < -0.39 is 11.9 Å². The van der Waals surface area contributed by atoms with E-state index >= 15 is 0 Å². The summed E-state index contributed by atoms with van der Waals surface area (Å²) in [4.78, 5) is 23.6. The summed E-state index contributed by atoms with van der Waals surface area (Å²) in [5.41, 5.74) is 4.64. The van der Waals surface area contributed by atoms with Gasteiger partial charge in [0, 0.05) is 11.1 Å². The Hall–Kier alpha value is -3.14. The lowest BCUT2D eigenvalue weighted by molar-refractivity contribution is -0.131. The van der Waals surface area contributed by atoms with Crippen molar-refractivity contribution in [1.29, 1.82) is 0 Å². The SMILES string of the molecule is C=C(C)C(=O)Oc1ccc(-c2cc(CC)c(OC(=O)C(=C)C)c(CC)c2)cc1. The first kappa shape index (κ1) is 21.2. The Morgan fingerprint density at radius 2 is 1.25 bits per heavy atom. The van der Waals surface area contributed by atoms with Crippen LogP contribution in [0.25, 0.3) is 11.1 Å². The standard InChI is InChI=1S/C24H26O4/c1-7-17-13-20(14-18(8-2)22(17)28-24(26)16(5)6)19-9-11-21(12-10-19)27-23(25)15(3)4/h9-14H,3,5,7-8H2,1-2,4,6H3. The topological polar surface area (TPSA) is 52.6 Å². The maximum atomic E-state index is 12.0. The van der Waals surface area contributed by atoms with Gasteiger partial charge < -0.3 is 9.47 Å². The molecule has 146 valence electrons. The van der Waals surface area contributed by atoms with Crippen LogP contribution in [0.3, 0.4) is 0 Å². The molecule has 28 heavy (non-hydrogen) atoms. The third-order valence-electron chi connectivity index (χ3n) is 4.29. The third kappa shape index (κ3) is 4.97. The van der Waals surface area contributed by atoms with Gasteiger partial charge in [-0.3, -0.25) is 0 Å². The van der Waals surface area contributed by atoms with Gasteiger partial charge in [-0.25, -0.2) is 9.59 Å². The van der Waals surface area contributed by atoms with Gasteiger partial charge in [0.05, 0.1) is 0 Å².